The Labute approximate surface area is 114 Å². The average Bonchev–Trinajstić information content (AvgIpc) is 3.21. The fraction of sp³-hybridized carbons (Fsp3) is 0.846. The van der Waals surface area contributed by atoms with Crippen molar-refractivity contribution in [1.82, 2.24) is 15.5 Å². The maximum Gasteiger partial charge on any atom is 0.312 e. The van der Waals surface area contributed by atoms with E-state index in [2.05, 4.69) is 10.6 Å². The summed E-state index contributed by atoms with van der Waals surface area (Å²) in [7, 11) is 0. The van der Waals surface area contributed by atoms with E-state index in [0.29, 0.717) is 24.9 Å². The number of likely N-dealkylation sites (tertiary alicyclic amines) is 1. The van der Waals surface area contributed by atoms with E-state index in [9.17, 15) is 9.59 Å². The van der Waals surface area contributed by atoms with Crippen molar-refractivity contribution in [2.75, 3.05) is 26.2 Å². The van der Waals surface area contributed by atoms with Gasteiger partial charge in [0, 0.05) is 38.6 Å². The number of carbonyl (C=O) groups is 2. The quantitative estimate of drug-likeness (QED) is 0.635. The topological polar surface area (TPSA) is 87.5 Å². The van der Waals surface area contributed by atoms with Gasteiger partial charge in [-0.2, -0.15) is 0 Å². The Bertz CT molecular complexity index is 331. The summed E-state index contributed by atoms with van der Waals surface area (Å²) in [5, 5.41) is 5.99. The lowest BCUT2D eigenvalue weighted by molar-refractivity contribution is -0.132. The second kappa shape index (κ2) is 6.75. The van der Waals surface area contributed by atoms with Crippen molar-refractivity contribution in [2.24, 2.45) is 11.7 Å². The molecule has 6 heteroatoms. The van der Waals surface area contributed by atoms with Crippen molar-refractivity contribution in [1.29, 1.82) is 0 Å². The summed E-state index contributed by atoms with van der Waals surface area (Å²) in [4.78, 5) is 24.7. The third kappa shape index (κ3) is 5.06. The molecule has 1 atom stereocenters. The highest BCUT2D eigenvalue weighted by molar-refractivity contribution is 5.76. The number of nitrogens with zero attached hydrogens (tertiary/aromatic N) is 1. The van der Waals surface area contributed by atoms with Crippen LogP contribution < -0.4 is 16.4 Å². The second-order valence-electron chi connectivity index (χ2n) is 5.57. The second-order valence-corrected chi connectivity index (χ2v) is 5.57. The molecule has 0 radical (unpaired) electrons. The summed E-state index contributed by atoms with van der Waals surface area (Å²) in [5.74, 6) is 0.554. The van der Waals surface area contributed by atoms with Crippen LogP contribution in [0.4, 0.5) is 4.79 Å². The number of carbonyl (C=O) groups excluding carboxylic acids is 2. The summed E-state index contributed by atoms with van der Waals surface area (Å²) in [6.45, 7) is 2.93. The van der Waals surface area contributed by atoms with Gasteiger partial charge in [0.05, 0.1) is 0 Å². The molecule has 1 saturated heterocycles. The Morgan fingerprint density at radius 3 is 2.74 bits per heavy atom. The third-order valence-electron chi connectivity index (χ3n) is 3.79. The van der Waals surface area contributed by atoms with Gasteiger partial charge in [-0.15, -0.1) is 0 Å². The van der Waals surface area contributed by atoms with E-state index in [1.165, 1.54) is 12.8 Å². The van der Waals surface area contributed by atoms with Crippen LogP contribution in [0, 0.1) is 5.92 Å². The lowest BCUT2D eigenvalue weighted by atomic mass is 9.98. The number of nitrogens with one attached hydrogen (secondary N) is 2. The van der Waals surface area contributed by atoms with Gasteiger partial charge in [0.25, 0.3) is 0 Å². The Morgan fingerprint density at radius 1 is 1.26 bits per heavy atom. The minimum absolute atomic E-state index is 0.219. The number of amides is 3. The largest absolute Gasteiger partial charge is 0.352 e. The molecule has 1 unspecified atom stereocenters. The fourth-order valence-electron chi connectivity index (χ4n) is 2.53. The van der Waals surface area contributed by atoms with Crippen LogP contribution in [-0.2, 0) is 4.79 Å². The molecule has 0 bridgehead atoms. The molecule has 2 rings (SSSR count). The van der Waals surface area contributed by atoms with Crippen molar-refractivity contribution in [3.8, 4) is 0 Å². The van der Waals surface area contributed by atoms with Crippen LogP contribution in [0.5, 0.6) is 0 Å². The van der Waals surface area contributed by atoms with Gasteiger partial charge in [-0.05, 0) is 31.6 Å². The maximum atomic E-state index is 12.1. The van der Waals surface area contributed by atoms with Crippen molar-refractivity contribution in [3.05, 3.63) is 0 Å². The molecule has 0 aromatic carbocycles. The Kier molecular flexibility index (Phi) is 5.01. The summed E-state index contributed by atoms with van der Waals surface area (Å²) in [5.41, 5.74) is 5.07. The van der Waals surface area contributed by atoms with E-state index < -0.39 is 6.03 Å². The highest BCUT2D eigenvalue weighted by atomic mass is 16.2. The molecular formula is C13H24N4O2. The lowest BCUT2D eigenvalue weighted by Gasteiger charge is -2.33. The van der Waals surface area contributed by atoms with Gasteiger partial charge in [0.2, 0.25) is 5.91 Å². The number of primary amides is 1. The molecule has 2 aliphatic rings. The SMILES string of the molecule is NC(=O)NCC1CCCN(C(=O)CCNC2CC2)C1. The highest BCUT2D eigenvalue weighted by Crippen LogP contribution is 2.19. The first-order valence-electron chi connectivity index (χ1n) is 7.19. The maximum absolute atomic E-state index is 12.1. The zero-order valence-corrected chi connectivity index (χ0v) is 11.4. The molecule has 0 aromatic rings. The first-order valence-corrected chi connectivity index (χ1v) is 7.19. The molecule has 108 valence electrons. The number of piperidine rings is 1. The fourth-order valence-corrected chi connectivity index (χ4v) is 2.53. The van der Waals surface area contributed by atoms with Gasteiger partial charge in [0.15, 0.2) is 0 Å². The predicted octanol–water partition coefficient (Wildman–Crippen LogP) is 0.0354. The van der Waals surface area contributed by atoms with Crippen molar-refractivity contribution >= 4 is 11.9 Å². The van der Waals surface area contributed by atoms with Crippen LogP contribution in [0.25, 0.3) is 0 Å². The van der Waals surface area contributed by atoms with Crippen LogP contribution in [0.3, 0.4) is 0 Å². The van der Waals surface area contributed by atoms with Crippen molar-refractivity contribution < 1.29 is 9.59 Å². The molecule has 0 aromatic heterocycles. The minimum Gasteiger partial charge on any atom is -0.352 e. The van der Waals surface area contributed by atoms with Crippen LogP contribution in [0.15, 0.2) is 0 Å². The molecule has 19 heavy (non-hydrogen) atoms. The highest BCUT2D eigenvalue weighted by Gasteiger charge is 2.24. The zero-order chi connectivity index (χ0) is 13.7. The first-order chi connectivity index (χ1) is 9.15. The normalized spacial score (nSPS) is 23.2. The van der Waals surface area contributed by atoms with Gasteiger partial charge < -0.3 is 21.3 Å². The molecule has 1 heterocycles. The molecule has 3 amide bonds. The van der Waals surface area contributed by atoms with E-state index in [-0.39, 0.29) is 5.91 Å². The van der Waals surface area contributed by atoms with Crippen LogP contribution in [-0.4, -0.2) is 49.1 Å². The molecule has 6 nitrogen and oxygen atoms in total. The van der Waals surface area contributed by atoms with E-state index in [0.717, 1.165) is 32.5 Å². The zero-order valence-electron chi connectivity index (χ0n) is 11.4. The van der Waals surface area contributed by atoms with Crippen molar-refractivity contribution in [3.63, 3.8) is 0 Å². The van der Waals surface area contributed by atoms with E-state index >= 15 is 0 Å². The van der Waals surface area contributed by atoms with E-state index in [1.807, 2.05) is 4.90 Å². The molecule has 1 aliphatic heterocycles. The lowest BCUT2D eigenvalue weighted by Crippen LogP contribution is -2.45. The Hall–Kier alpha value is -1.30. The summed E-state index contributed by atoms with van der Waals surface area (Å²) < 4.78 is 0. The smallest absolute Gasteiger partial charge is 0.312 e. The van der Waals surface area contributed by atoms with Crippen LogP contribution in [0.2, 0.25) is 0 Å². The monoisotopic (exact) mass is 268 g/mol. The van der Waals surface area contributed by atoms with Crippen molar-refractivity contribution in [2.45, 2.75) is 38.1 Å². The first kappa shape index (κ1) is 14.1. The average molecular weight is 268 g/mol. The Balaban J connectivity index is 1.66. The molecular weight excluding hydrogens is 244 g/mol. The van der Waals surface area contributed by atoms with Gasteiger partial charge in [0.1, 0.15) is 0 Å². The number of rotatable bonds is 6. The predicted molar refractivity (Wildman–Crippen MR) is 72.5 cm³/mol. The summed E-state index contributed by atoms with van der Waals surface area (Å²) >= 11 is 0. The van der Waals surface area contributed by atoms with Gasteiger partial charge in [-0.1, -0.05) is 0 Å². The number of nitrogens with two attached hydrogens (primary N) is 1. The number of urea groups is 1. The Morgan fingerprint density at radius 2 is 2.05 bits per heavy atom. The molecule has 0 spiro atoms. The molecule has 4 N–H and O–H groups in total. The summed E-state index contributed by atoms with van der Waals surface area (Å²) in [6, 6.07) is 0.166. The molecule has 2 fully saturated rings. The van der Waals surface area contributed by atoms with Gasteiger partial charge in [-0.3, -0.25) is 4.79 Å². The van der Waals surface area contributed by atoms with Gasteiger partial charge in [-0.25, -0.2) is 4.79 Å². The number of hydrogen-bond donors (Lipinski definition) is 3. The van der Waals surface area contributed by atoms with Crippen LogP contribution >= 0.6 is 0 Å². The minimum atomic E-state index is -0.489. The van der Waals surface area contributed by atoms with Gasteiger partial charge >= 0.3 is 6.03 Å². The summed E-state index contributed by atoms with van der Waals surface area (Å²) in [6.07, 6.45) is 5.13. The van der Waals surface area contributed by atoms with E-state index in [4.69, 9.17) is 5.73 Å². The molecule has 1 saturated carbocycles. The van der Waals surface area contributed by atoms with E-state index in [1.54, 1.807) is 0 Å². The standard InChI is InChI=1S/C13H24N4O2/c14-13(19)16-8-10-2-1-7-17(9-10)12(18)5-6-15-11-3-4-11/h10-11,15H,1-9H2,(H3,14,16,19). The number of hydrogen-bond acceptors (Lipinski definition) is 3. The molecule has 1 aliphatic carbocycles. The third-order valence-corrected chi connectivity index (χ3v) is 3.79. The van der Waals surface area contributed by atoms with Crippen LogP contribution in [0.1, 0.15) is 32.1 Å².